The summed E-state index contributed by atoms with van der Waals surface area (Å²) in [4.78, 5) is 14.4. The Morgan fingerprint density at radius 1 is 0.906 bits per heavy atom. The second kappa shape index (κ2) is 11.3. The van der Waals surface area contributed by atoms with Gasteiger partial charge in [0.25, 0.3) is 0 Å². The topological polar surface area (TPSA) is 50.8 Å². The van der Waals surface area contributed by atoms with Gasteiger partial charge >= 0.3 is 6.09 Å². The zero-order valence-corrected chi connectivity index (χ0v) is 18.3. The molecule has 1 heterocycles. The van der Waals surface area contributed by atoms with Crippen molar-refractivity contribution in [3.05, 3.63) is 96.1 Å². The molecule has 0 radical (unpaired) electrons. The Balaban J connectivity index is 1.17. The first kappa shape index (κ1) is 21.9. The Kier molecular flexibility index (Phi) is 7.77. The second-order valence-corrected chi connectivity index (χ2v) is 8.08. The van der Waals surface area contributed by atoms with Gasteiger partial charge in [0.1, 0.15) is 19.0 Å². The van der Waals surface area contributed by atoms with E-state index < -0.39 is 6.09 Å². The summed E-state index contributed by atoms with van der Waals surface area (Å²) in [6.07, 6.45) is 2.67. The zero-order valence-electron chi connectivity index (χ0n) is 18.3. The fourth-order valence-corrected chi connectivity index (χ4v) is 4.04. The highest BCUT2D eigenvalue weighted by Crippen LogP contribution is 2.19. The lowest BCUT2D eigenvalue weighted by Gasteiger charge is -2.24. The number of nitrogens with zero attached hydrogens (tertiary/aromatic N) is 1. The van der Waals surface area contributed by atoms with E-state index in [-0.39, 0.29) is 6.04 Å². The van der Waals surface area contributed by atoms with Gasteiger partial charge in [0, 0.05) is 18.3 Å². The van der Waals surface area contributed by atoms with Crippen LogP contribution >= 0.6 is 0 Å². The standard InChI is InChI=1S/C27H30N2O3/c30-27(28-24-10-5-2-6-11-24)32-21-25-12-7-17-29(25)18-19-31-26-15-13-23(14-16-26)20-22-8-3-1-4-9-22/h1-6,8-11,13-16,25H,7,12,17-21H2,(H,28,30)/t25-/m0/s1. The van der Waals surface area contributed by atoms with Crippen molar-refractivity contribution in [2.24, 2.45) is 0 Å². The number of nitrogens with one attached hydrogen (secondary N) is 1. The van der Waals surface area contributed by atoms with Gasteiger partial charge in [0.15, 0.2) is 0 Å². The molecule has 1 fully saturated rings. The quantitative estimate of drug-likeness (QED) is 0.496. The summed E-state index contributed by atoms with van der Waals surface area (Å²) in [7, 11) is 0. The molecule has 1 amide bonds. The Morgan fingerprint density at radius 3 is 2.34 bits per heavy atom. The highest BCUT2D eigenvalue weighted by Gasteiger charge is 2.25. The molecule has 4 rings (SSSR count). The SMILES string of the molecule is O=C(Nc1ccccc1)OC[C@@H]1CCCN1CCOc1ccc(Cc2ccccc2)cc1. The van der Waals surface area contributed by atoms with E-state index in [4.69, 9.17) is 9.47 Å². The molecule has 0 bridgehead atoms. The molecule has 0 spiro atoms. The number of amides is 1. The number of ether oxygens (including phenoxy) is 2. The van der Waals surface area contributed by atoms with Crippen molar-refractivity contribution in [1.82, 2.24) is 4.90 Å². The van der Waals surface area contributed by atoms with E-state index in [9.17, 15) is 4.79 Å². The fourth-order valence-electron chi connectivity index (χ4n) is 4.04. The monoisotopic (exact) mass is 430 g/mol. The van der Waals surface area contributed by atoms with Crippen LogP contribution in [0.5, 0.6) is 5.75 Å². The largest absolute Gasteiger partial charge is 0.492 e. The predicted molar refractivity (Wildman–Crippen MR) is 127 cm³/mol. The van der Waals surface area contributed by atoms with E-state index in [1.54, 1.807) is 0 Å². The van der Waals surface area contributed by atoms with E-state index >= 15 is 0 Å². The zero-order chi connectivity index (χ0) is 22.0. The molecule has 0 saturated carbocycles. The summed E-state index contributed by atoms with van der Waals surface area (Å²) in [5.41, 5.74) is 3.32. The van der Waals surface area contributed by atoms with Crippen molar-refractivity contribution in [2.75, 3.05) is 31.6 Å². The van der Waals surface area contributed by atoms with Crippen molar-refractivity contribution >= 4 is 11.8 Å². The third kappa shape index (κ3) is 6.59. The minimum absolute atomic E-state index is 0.244. The lowest BCUT2D eigenvalue weighted by Crippen LogP contribution is -2.37. The van der Waals surface area contributed by atoms with Crippen LogP contribution in [0.2, 0.25) is 0 Å². The maximum atomic E-state index is 12.0. The van der Waals surface area contributed by atoms with Crippen LogP contribution in [0, 0.1) is 0 Å². The van der Waals surface area contributed by atoms with E-state index in [1.165, 1.54) is 11.1 Å². The van der Waals surface area contributed by atoms with Gasteiger partial charge < -0.3 is 9.47 Å². The van der Waals surface area contributed by atoms with Gasteiger partial charge in [-0.15, -0.1) is 0 Å². The van der Waals surface area contributed by atoms with Gasteiger partial charge in [0.05, 0.1) is 0 Å². The molecule has 1 atom stereocenters. The van der Waals surface area contributed by atoms with Crippen molar-refractivity contribution < 1.29 is 14.3 Å². The lowest BCUT2D eigenvalue weighted by atomic mass is 10.1. The number of anilines is 1. The van der Waals surface area contributed by atoms with E-state index in [0.717, 1.165) is 43.8 Å². The number of benzene rings is 3. The van der Waals surface area contributed by atoms with Crippen molar-refractivity contribution in [3.63, 3.8) is 0 Å². The van der Waals surface area contributed by atoms with Crippen molar-refractivity contribution in [2.45, 2.75) is 25.3 Å². The summed E-state index contributed by atoms with van der Waals surface area (Å²) >= 11 is 0. The smallest absolute Gasteiger partial charge is 0.411 e. The van der Waals surface area contributed by atoms with Crippen LogP contribution in [0.3, 0.4) is 0 Å². The first-order valence-corrected chi connectivity index (χ1v) is 11.2. The van der Waals surface area contributed by atoms with E-state index in [0.29, 0.717) is 13.2 Å². The highest BCUT2D eigenvalue weighted by molar-refractivity contribution is 5.84. The fraction of sp³-hybridized carbons (Fsp3) is 0.296. The third-order valence-electron chi connectivity index (χ3n) is 5.75. The maximum Gasteiger partial charge on any atom is 0.411 e. The Labute approximate surface area is 190 Å². The number of likely N-dealkylation sites (tertiary alicyclic amines) is 1. The molecule has 0 aliphatic carbocycles. The number of rotatable bonds is 9. The third-order valence-corrected chi connectivity index (χ3v) is 5.75. The first-order chi connectivity index (χ1) is 15.8. The second-order valence-electron chi connectivity index (χ2n) is 8.08. The molecule has 1 saturated heterocycles. The number of carbonyl (C=O) groups excluding carboxylic acids is 1. The molecule has 0 unspecified atom stereocenters. The number of hydrogen-bond donors (Lipinski definition) is 1. The van der Waals surface area contributed by atoms with Crippen LogP contribution in [-0.2, 0) is 11.2 Å². The number of hydrogen-bond acceptors (Lipinski definition) is 4. The summed E-state index contributed by atoms with van der Waals surface area (Å²) in [6.45, 7) is 2.84. The molecular formula is C27H30N2O3. The van der Waals surface area contributed by atoms with Crippen LogP contribution in [0.15, 0.2) is 84.9 Å². The van der Waals surface area contributed by atoms with Gasteiger partial charge in [-0.3, -0.25) is 10.2 Å². The van der Waals surface area contributed by atoms with Gasteiger partial charge in [0.2, 0.25) is 0 Å². The van der Waals surface area contributed by atoms with Crippen LogP contribution in [0.4, 0.5) is 10.5 Å². The molecule has 3 aromatic carbocycles. The van der Waals surface area contributed by atoms with Crippen LogP contribution in [0.1, 0.15) is 24.0 Å². The Hall–Kier alpha value is -3.31. The van der Waals surface area contributed by atoms with Crippen LogP contribution < -0.4 is 10.1 Å². The Bertz CT molecular complexity index is 961. The molecule has 32 heavy (non-hydrogen) atoms. The molecule has 0 aromatic heterocycles. The van der Waals surface area contributed by atoms with E-state index in [1.807, 2.05) is 48.5 Å². The first-order valence-electron chi connectivity index (χ1n) is 11.2. The average molecular weight is 431 g/mol. The summed E-state index contributed by atoms with van der Waals surface area (Å²) in [6, 6.07) is 28.4. The highest BCUT2D eigenvalue weighted by atomic mass is 16.5. The van der Waals surface area contributed by atoms with Crippen LogP contribution in [0.25, 0.3) is 0 Å². The van der Waals surface area contributed by atoms with Crippen molar-refractivity contribution in [3.8, 4) is 5.75 Å². The molecular weight excluding hydrogens is 400 g/mol. The maximum absolute atomic E-state index is 12.0. The molecule has 1 aliphatic heterocycles. The summed E-state index contributed by atoms with van der Waals surface area (Å²) < 4.78 is 11.4. The molecule has 5 heteroatoms. The predicted octanol–water partition coefficient (Wildman–Crippen LogP) is 5.37. The molecule has 3 aromatic rings. The molecule has 166 valence electrons. The number of carbonyl (C=O) groups is 1. The van der Waals surface area contributed by atoms with Gasteiger partial charge in [-0.05, 0) is 61.2 Å². The molecule has 1 aliphatic rings. The summed E-state index contributed by atoms with van der Waals surface area (Å²) in [5, 5.41) is 2.76. The normalized spacial score (nSPS) is 15.9. The molecule has 5 nitrogen and oxygen atoms in total. The minimum atomic E-state index is -0.408. The average Bonchev–Trinajstić information content (AvgIpc) is 3.27. The lowest BCUT2D eigenvalue weighted by molar-refractivity contribution is 0.110. The van der Waals surface area contributed by atoms with Crippen molar-refractivity contribution in [1.29, 1.82) is 0 Å². The van der Waals surface area contributed by atoms with Gasteiger partial charge in [-0.25, -0.2) is 4.79 Å². The Morgan fingerprint density at radius 2 is 1.59 bits per heavy atom. The number of para-hydroxylation sites is 1. The minimum Gasteiger partial charge on any atom is -0.492 e. The van der Waals surface area contributed by atoms with E-state index in [2.05, 4.69) is 46.6 Å². The van der Waals surface area contributed by atoms with Gasteiger partial charge in [-0.1, -0.05) is 60.7 Å². The molecule has 1 N–H and O–H groups in total. The van der Waals surface area contributed by atoms with Gasteiger partial charge in [-0.2, -0.15) is 0 Å². The van der Waals surface area contributed by atoms with Crippen LogP contribution in [-0.4, -0.2) is 43.3 Å². The summed E-state index contributed by atoms with van der Waals surface area (Å²) in [5.74, 6) is 0.885.